The minimum atomic E-state index is 0.186. The number of nitrogens with one attached hydrogen (secondary N) is 2. The lowest BCUT2D eigenvalue weighted by atomic mass is 10.1. The number of hydrogen-bond donors (Lipinski definition) is 2. The van der Waals surface area contributed by atoms with E-state index in [4.69, 9.17) is 4.74 Å². The molecule has 0 fully saturated rings. The van der Waals surface area contributed by atoms with Crippen LogP contribution in [0.15, 0.2) is 22.7 Å². The first kappa shape index (κ1) is 13.0. The molecular weight excluding hydrogens is 298 g/mol. The third-order valence-corrected chi connectivity index (χ3v) is 3.25. The van der Waals surface area contributed by atoms with E-state index in [9.17, 15) is 0 Å². The monoisotopic (exact) mass is 311 g/mol. The minimum absolute atomic E-state index is 0.186. The van der Waals surface area contributed by atoms with Gasteiger partial charge in [-0.15, -0.1) is 10.2 Å². The Kier molecular flexibility index (Phi) is 4.27. The first-order valence-corrected chi connectivity index (χ1v) is 6.29. The van der Waals surface area contributed by atoms with E-state index < -0.39 is 0 Å². The zero-order valence-electron chi connectivity index (χ0n) is 10.1. The normalized spacial score (nSPS) is 12.4. The molecule has 2 aromatic rings. The lowest BCUT2D eigenvalue weighted by Gasteiger charge is -2.14. The van der Waals surface area contributed by atoms with Crippen LogP contribution >= 0.6 is 15.9 Å². The molecule has 1 atom stereocenters. The van der Waals surface area contributed by atoms with Gasteiger partial charge in [-0.25, -0.2) is 0 Å². The van der Waals surface area contributed by atoms with Crippen molar-refractivity contribution in [2.75, 3.05) is 7.11 Å². The summed E-state index contributed by atoms with van der Waals surface area (Å²) in [4.78, 5) is 0. The molecule has 1 unspecified atom stereocenters. The van der Waals surface area contributed by atoms with Crippen LogP contribution in [0.5, 0.6) is 5.75 Å². The quantitative estimate of drug-likeness (QED) is 0.881. The summed E-state index contributed by atoms with van der Waals surface area (Å²) in [6.45, 7) is 2.65. The summed E-state index contributed by atoms with van der Waals surface area (Å²) in [7, 11) is 1.65. The summed E-state index contributed by atoms with van der Waals surface area (Å²) < 4.78 is 6.14. The van der Waals surface area contributed by atoms with Crippen LogP contribution in [-0.2, 0) is 6.54 Å². The zero-order valence-corrected chi connectivity index (χ0v) is 11.7. The van der Waals surface area contributed by atoms with E-state index in [1.807, 2.05) is 18.2 Å². The van der Waals surface area contributed by atoms with Crippen LogP contribution in [0.2, 0.25) is 0 Å². The standard InChI is InChI=1S/C11H14BrN5O/c1-7(13-6-11-14-16-17-15-11)8-3-4-10(18-2)9(12)5-8/h3-5,7,13H,6H2,1-2H3,(H,14,15,16,17). The number of halogens is 1. The highest BCUT2D eigenvalue weighted by Crippen LogP contribution is 2.27. The fourth-order valence-electron chi connectivity index (χ4n) is 1.57. The molecule has 0 aliphatic heterocycles. The van der Waals surface area contributed by atoms with Crippen LogP contribution in [0.3, 0.4) is 0 Å². The summed E-state index contributed by atoms with van der Waals surface area (Å²) >= 11 is 3.47. The molecule has 0 radical (unpaired) electrons. The number of aromatic amines is 1. The Morgan fingerprint density at radius 2 is 2.33 bits per heavy atom. The van der Waals surface area contributed by atoms with Crippen LogP contribution in [0.1, 0.15) is 24.4 Å². The predicted octanol–water partition coefficient (Wildman–Crippen LogP) is 1.82. The fourth-order valence-corrected chi connectivity index (χ4v) is 2.13. The van der Waals surface area contributed by atoms with Gasteiger partial charge in [0.25, 0.3) is 0 Å². The Hall–Kier alpha value is -1.47. The topological polar surface area (TPSA) is 75.7 Å². The van der Waals surface area contributed by atoms with Crippen molar-refractivity contribution in [3.05, 3.63) is 34.1 Å². The number of ether oxygens (including phenoxy) is 1. The highest BCUT2D eigenvalue weighted by atomic mass is 79.9. The van der Waals surface area contributed by atoms with Gasteiger partial charge in [-0.1, -0.05) is 11.3 Å². The Balaban J connectivity index is 2.00. The van der Waals surface area contributed by atoms with Crippen LogP contribution in [0, 0.1) is 0 Å². The lowest BCUT2D eigenvalue weighted by molar-refractivity contribution is 0.411. The fraction of sp³-hybridized carbons (Fsp3) is 0.364. The molecule has 7 heteroatoms. The average molecular weight is 312 g/mol. The first-order chi connectivity index (χ1) is 8.70. The molecule has 0 spiro atoms. The maximum Gasteiger partial charge on any atom is 0.188 e. The molecule has 0 aliphatic rings. The molecule has 1 heterocycles. The minimum Gasteiger partial charge on any atom is -0.496 e. The molecule has 0 aliphatic carbocycles. The number of aromatic nitrogens is 4. The second kappa shape index (κ2) is 5.92. The van der Waals surface area contributed by atoms with Gasteiger partial charge in [0.05, 0.1) is 18.1 Å². The Labute approximate surface area is 113 Å². The number of benzene rings is 1. The van der Waals surface area contributed by atoms with Crippen molar-refractivity contribution in [1.82, 2.24) is 25.9 Å². The lowest BCUT2D eigenvalue weighted by Crippen LogP contribution is -2.19. The van der Waals surface area contributed by atoms with Gasteiger partial charge >= 0.3 is 0 Å². The van der Waals surface area contributed by atoms with E-state index in [-0.39, 0.29) is 6.04 Å². The molecule has 96 valence electrons. The molecule has 2 N–H and O–H groups in total. The number of rotatable bonds is 5. The molecule has 6 nitrogen and oxygen atoms in total. The Bertz CT molecular complexity index is 502. The second-order valence-electron chi connectivity index (χ2n) is 3.82. The van der Waals surface area contributed by atoms with Gasteiger partial charge in [0, 0.05) is 6.04 Å². The summed E-state index contributed by atoms with van der Waals surface area (Å²) in [5.74, 6) is 1.47. The Morgan fingerprint density at radius 3 is 2.94 bits per heavy atom. The van der Waals surface area contributed by atoms with Crippen molar-refractivity contribution in [2.45, 2.75) is 19.5 Å². The molecule has 2 rings (SSSR count). The van der Waals surface area contributed by atoms with Crippen molar-refractivity contribution in [1.29, 1.82) is 0 Å². The van der Waals surface area contributed by atoms with E-state index >= 15 is 0 Å². The number of methoxy groups -OCH3 is 1. The summed E-state index contributed by atoms with van der Waals surface area (Å²) in [6, 6.07) is 6.18. The smallest absolute Gasteiger partial charge is 0.188 e. The van der Waals surface area contributed by atoms with Crippen LogP contribution in [0.4, 0.5) is 0 Å². The van der Waals surface area contributed by atoms with Gasteiger partial charge in [0.2, 0.25) is 0 Å². The summed E-state index contributed by atoms with van der Waals surface area (Å²) in [5, 5.41) is 17.0. The molecule has 0 bridgehead atoms. The van der Waals surface area contributed by atoms with Gasteiger partial charge in [-0.3, -0.25) is 0 Å². The number of H-pyrrole nitrogens is 1. The largest absolute Gasteiger partial charge is 0.496 e. The van der Waals surface area contributed by atoms with Crippen molar-refractivity contribution < 1.29 is 4.74 Å². The highest BCUT2D eigenvalue weighted by Gasteiger charge is 2.09. The first-order valence-electron chi connectivity index (χ1n) is 5.50. The van der Waals surface area contributed by atoms with E-state index in [1.165, 1.54) is 0 Å². The molecule has 1 aromatic heterocycles. The van der Waals surface area contributed by atoms with Gasteiger partial charge in [0.15, 0.2) is 5.82 Å². The van der Waals surface area contributed by atoms with E-state index in [1.54, 1.807) is 7.11 Å². The zero-order chi connectivity index (χ0) is 13.0. The van der Waals surface area contributed by atoms with Gasteiger partial charge in [0.1, 0.15) is 5.75 Å². The number of hydrogen-bond acceptors (Lipinski definition) is 5. The van der Waals surface area contributed by atoms with E-state index in [0.717, 1.165) is 15.8 Å². The molecular formula is C11H14BrN5O. The third-order valence-electron chi connectivity index (χ3n) is 2.63. The van der Waals surface area contributed by atoms with Gasteiger partial charge < -0.3 is 10.1 Å². The van der Waals surface area contributed by atoms with Crippen molar-refractivity contribution in [3.8, 4) is 5.75 Å². The third kappa shape index (κ3) is 3.05. The van der Waals surface area contributed by atoms with Crippen molar-refractivity contribution in [3.63, 3.8) is 0 Å². The summed E-state index contributed by atoms with van der Waals surface area (Å²) in [5.41, 5.74) is 1.16. The number of tetrazole rings is 1. The molecule has 0 amide bonds. The SMILES string of the molecule is COc1ccc(C(C)NCc2nn[nH]n2)cc1Br. The Morgan fingerprint density at radius 1 is 1.50 bits per heavy atom. The highest BCUT2D eigenvalue weighted by molar-refractivity contribution is 9.10. The van der Waals surface area contributed by atoms with Crippen LogP contribution in [-0.4, -0.2) is 27.7 Å². The molecule has 1 aromatic carbocycles. The molecule has 18 heavy (non-hydrogen) atoms. The second-order valence-corrected chi connectivity index (χ2v) is 4.68. The molecule has 0 saturated carbocycles. The van der Waals surface area contributed by atoms with Crippen LogP contribution in [0.25, 0.3) is 0 Å². The van der Waals surface area contributed by atoms with Crippen molar-refractivity contribution >= 4 is 15.9 Å². The van der Waals surface area contributed by atoms with Gasteiger partial charge in [-0.2, -0.15) is 5.21 Å². The predicted molar refractivity (Wildman–Crippen MR) is 70.1 cm³/mol. The van der Waals surface area contributed by atoms with E-state index in [0.29, 0.717) is 12.4 Å². The summed E-state index contributed by atoms with van der Waals surface area (Å²) in [6.07, 6.45) is 0. The average Bonchev–Trinajstić information content (AvgIpc) is 2.89. The van der Waals surface area contributed by atoms with E-state index in [2.05, 4.69) is 48.8 Å². The van der Waals surface area contributed by atoms with Gasteiger partial charge in [-0.05, 0) is 40.5 Å². The van der Waals surface area contributed by atoms with Crippen molar-refractivity contribution in [2.24, 2.45) is 0 Å². The number of nitrogens with zero attached hydrogens (tertiary/aromatic N) is 3. The maximum atomic E-state index is 5.20. The molecule has 0 saturated heterocycles. The van der Waals surface area contributed by atoms with Crippen LogP contribution < -0.4 is 10.1 Å². The maximum absolute atomic E-state index is 5.20.